The van der Waals surface area contributed by atoms with Crippen molar-refractivity contribution >= 4 is 14.4 Å². The molecule has 17 heavy (non-hydrogen) atoms. The quantitative estimate of drug-likeness (QED) is 0.597. The molecule has 0 heterocycles. The fourth-order valence-corrected chi connectivity index (χ4v) is 1.46. The minimum Gasteiger partial charge on any atom is -0.353 e. The van der Waals surface area contributed by atoms with Crippen LogP contribution in [0.3, 0.4) is 0 Å². The van der Waals surface area contributed by atoms with Crippen LogP contribution in [0.1, 0.15) is 0 Å². The van der Waals surface area contributed by atoms with Crippen LogP contribution in [0.4, 0.5) is 5.69 Å². The molecule has 86 valence electrons. The molecule has 0 spiro atoms. The van der Waals surface area contributed by atoms with Crippen LogP contribution in [0.15, 0.2) is 60.7 Å². The molecule has 0 atom stereocenters. The Morgan fingerprint density at radius 3 is 2.06 bits per heavy atom. The molecule has 0 saturated heterocycles. The molecule has 0 bridgehead atoms. The van der Waals surface area contributed by atoms with E-state index in [1.54, 1.807) is 24.3 Å². The molecule has 2 aromatic carbocycles. The molecule has 2 rings (SSSR count). The van der Waals surface area contributed by atoms with Crippen molar-refractivity contribution in [3.05, 3.63) is 60.7 Å². The minimum absolute atomic E-state index is 0.480. The molecule has 0 aromatic heterocycles. The van der Waals surface area contributed by atoms with E-state index in [9.17, 15) is 4.57 Å². The van der Waals surface area contributed by atoms with E-state index in [1.165, 1.54) is 0 Å². The number of rotatable bonds is 5. The normalized spacial score (nSPS) is 10.1. The van der Waals surface area contributed by atoms with Gasteiger partial charge in [-0.25, -0.2) is 4.57 Å². The zero-order chi connectivity index (χ0) is 11.9. The van der Waals surface area contributed by atoms with Crippen LogP contribution in [0.2, 0.25) is 0 Å². The third-order valence-electron chi connectivity index (χ3n) is 2.01. The number of benzene rings is 2. The topological polar surface area (TPSA) is 38.8 Å². The maximum Gasteiger partial charge on any atom is 0.354 e. The zero-order valence-corrected chi connectivity index (χ0v) is 9.79. The average molecular weight is 247 g/mol. The summed E-state index contributed by atoms with van der Waals surface area (Å²) in [7, 11) is -0.480. The summed E-state index contributed by atoms with van der Waals surface area (Å²) in [6.07, 6.45) is 0. The summed E-state index contributed by atoms with van der Waals surface area (Å²) >= 11 is 0. The maximum atomic E-state index is 10.5. The Bertz CT molecular complexity index is 464. The highest BCUT2D eigenvalue weighted by Gasteiger charge is 2.09. The van der Waals surface area contributed by atoms with Gasteiger partial charge in [0.25, 0.3) is 0 Å². The van der Waals surface area contributed by atoms with Crippen LogP contribution in [-0.4, -0.2) is 0 Å². The van der Waals surface area contributed by atoms with Crippen LogP contribution in [-0.2, 0) is 9.19 Å². The molecule has 0 aliphatic heterocycles. The van der Waals surface area contributed by atoms with Gasteiger partial charge in [-0.2, -0.15) is 0 Å². The van der Waals surface area contributed by atoms with Crippen LogP contribution < -0.4 is 10.1 Å². The van der Waals surface area contributed by atoms with E-state index in [2.05, 4.69) is 0 Å². The van der Waals surface area contributed by atoms with Crippen LogP contribution in [0.5, 0.6) is 5.75 Å². The zero-order valence-electron chi connectivity index (χ0n) is 8.89. The number of hydrogen-bond donors (Lipinski definition) is 0. The van der Waals surface area contributed by atoms with Crippen molar-refractivity contribution in [1.82, 2.24) is 0 Å². The van der Waals surface area contributed by atoms with Crippen molar-refractivity contribution < 1.29 is 14.0 Å². The summed E-state index contributed by atoms with van der Waals surface area (Å²) in [4.78, 5) is 5.45. The van der Waals surface area contributed by atoms with Crippen LogP contribution in [0.25, 0.3) is 0 Å². The van der Waals surface area contributed by atoms with Gasteiger partial charge in [0, 0.05) is 0 Å². The Morgan fingerprint density at radius 1 is 0.882 bits per heavy atom. The highest BCUT2D eigenvalue weighted by atomic mass is 31.1. The van der Waals surface area contributed by atoms with Gasteiger partial charge in [0.15, 0.2) is 5.75 Å². The monoisotopic (exact) mass is 247 g/mol. The summed E-state index contributed by atoms with van der Waals surface area (Å²) in [5.41, 5.74) is 0.653. The Kier molecular flexibility index (Phi) is 4.08. The molecule has 4 nitrogen and oxygen atoms in total. The summed E-state index contributed by atoms with van der Waals surface area (Å²) in [5.74, 6) is 0.597. The number of nitrogens with zero attached hydrogens (tertiary/aromatic N) is 1. The van der Waals surface area contributed by atoms with Gasteiger partial charge in [-0.3, -0.25) is 0 Å². The van der Waals surface area contributed by atoms with Crippen LogP contribution >= 0.6 is 8.69 Å². The lowest BCUT2D eigenvalue weighted by Crippen LogP contribution is -2.23. The average Bonchev–Trinajstić information content (AvgIpc) is 2.40. The third kappa shape index (κ3) is 3.28. The van der Waals surface area contributed by atoms with Gasteiger partial charge in [-0.1, -0.05) is 41.6 Å². The molecule has 0 unspecified atom stereocenters. The Balaban J connectivity index is 2.16. The lowest BCUT2D eigenvalue weighted by Gasteiger charge is -2.18. The van der Waals surface area contributed by atoms with E-state index in [1.807, 2.05) is 36.4 Å². The first kappa shape index (κ1) is 11.6. The van der Waals surface area contributed by atoms with Crippen molar-refractivity contribution in [3.63, 3.8) is 0 Å². The first-order valence-corrected chi connectivity index (χ1v) is 5.71. The first-order chi connectivity index (χ1) is 8.40. The summed E-state index contributed by atoms with van der Waals surface area (Å²) in [6, 6.07) is 18.2. The highest BCUT2D eigenvalue weighted by Crippen LogP contribution is 2.20. The van der Waals surface area contributed by atoms with Gasteiger partial charge in [-0.05, 0) is 24.3 Å². The van der Waals surface area contributed by atoms with Gasteiger partial charge in [0.1, 0.15) is 5.69 Å². The van der Waals surface area contributed by atoms with Crippen molar-refractivity contribution in [2.75, 3.05) is 5.23 Å². The molecule has 0 aliphatic carbocycles. The SMILES string of the molecule is O=PON(Oc1ccccc1)c1ccccc1. The molecular formula is C12H10NO3P. The molecule has 2 aromatic rings. The first-order valence-electron chi connectivity index (χ1n) is 4.98. The van der Waals surface area contributed by atoms with Gasteiger partial charge in [-0.15, -0.1) is 4.62 Å². The summed E-state index contributed by atoms with van der Waals surface area (Å²) < 4.78 is 15.4. The van der Waals surface area contributed by atoms with E-state index in [4.69, 9.17) is 9.46 Å². The van der Waals surface area contributed by atoms with Crippen molar-refractivity contribution in [1.29, 1.82) is 0 Å². The predicted octanol–water partition coefficient (Wildman–Crippen LogP) is 3.63. The van der Waals surface area contributed by atoms with Crippen molar-refractivity contribution in [2.45, 2.75) is 0 Å². The van der Waals surface area contributed by atoms with Crippen molar-refractivity contribution in [2.24, 2.45) is 0 Å². The largest absolute Gasteiger partial charge is 0.354 e. The molecule has 0 radical (unpaired) electrons. The van der Waals surface area contributed by atoms with Gasteiger partial charge in [0.2, 0.25) is 0 Å². The molecule has 0 fully saturated rings. The smallest absolute Gasteiger partial charge is 0.353 e. The fourth-order valence-electron chi connectivity index (χ4n) is 1.27. The fraction of sp³-hybridized carbons (Fsp3) is 0. The Labute approximate surface area is 101 Å². The molecular weight excluding hydrogens is 237 g/mol. The highest BCUT2D eigenvalue weighted by molar-refractivity contribution is 7.17. The van der Waals surface area contributed by atoms with Gasteiger partial charge >= 0.3 is 8.69 Å². The van der Waals surface area contributed by atoms with Gasteiger partial charge in [0.05, 0.1) is 0 Å². The molecule has 0 amide bonds. The number of hydrogen-bond acceptors (Lipinski definition) is 4. The second-order valence-electron chi connectivity index (χ2n) is 3.15. The van der Waals surface area contributed by atoms with E-state index < -0.39 is 8.69 Å². The van der Waals surface area contributed by atoms with Gasteiger partial charge < -0.3 is 4.84 Å². The maximum absolute atomic E-state index is 10.5. The third-order valence-corrected chi connectivity index (χ3v) is 2.22. The van der Waals surface area contributed by atoms with E-state index in [0.717, 1.165) is 5.23 Å². The Hall–Kier alpha value is -1.90. The minimum atomic E-state index is -0.480. The van der Waals surface area contributed by atoms with Crippen LogP contribution in [0, 0.1) is 0 Å². The predicted molar refractivity (Wildman–Crippen MR) is 64.7 cm³/mol. The summed E-state index contributed by atoms with van der Waals surface area (Å²) in [6.45, 7) is 0. The number of para-hydroxylation sites is 2. The van der Waals surface area contributed by atoms with Crippen molar-refractivity contribution in [3.8, 4) is 5.75 Å². The standard InChI is InChI=1S/C12H10NO3P/c14-17-16-13(11-7-3-1-4-8-11)15-12-9-5-2-6-10-12/h1-10H. The lowest BCUT2D eigenvalue weighted by molar-refractivity contribution is 0.0853. The second-order valence-corrected chi connectivity index (χ2v) is 3.47. The second kappa shape index (κ2) is 5.99. The molecule has 0 aliphatic rings. The lowest BCUT2D eigenvalue weighted by atomic mass is 10.3. The van der Waals surface area contributed by atoms with E-state index in [0.29, 0.717) is 11.4 Å². The summed E-state index contributed by atoms with van der Waals surface area (Å²) in [5, 5.41) is 1.10. The molecule has 0 saturated carbocycles. The Morgan fingerprint density at radius 2 is 1.47 bits per heavy atom. The van der Waals surface area contributed by atoms with E-state index >= 15 is 0 Å². The molecule has 0 N–H and O–H groups in total. The molecule has 5 heteroatoms. The van der Waals surface area contributed by atoms with E-state index in [-0.39, 0.29) is 0 Å². The number of anilines is 1.